The average Bonchev–Trinajstić information content (AvgIpc) is 3.27. The Labute approximate surface area is 200 Å². The Balaban J connectivity index is 1.15. The fraction of sp³-hybridized carbons (Fsp3) is 0.520. The second-order valence-corrected chi connectivity index (χ2v) is 9.11. The van der Waals surface area contributed by atoms with Gasteiger partial charge in [0.2, 0.25) is 17.7 Å². The van der Waals surface area contributed by atoms with Crippen LogP contribution in [0.4, 0.5) is 5.82 Å². The number of carbonyl (C=O) groups is 3. The molecule has 1 aromatic heterocycles. The van der Waals surface area contributed by atoms with Crippen molar-refractivity contribution in [2.45, 2.75) is 32.6 Å². The van der Waals surface area contributed by atoms with Gasteiger partial charge in [-0.05, 0) is 31.7 Å². The zero-order valence-corrected chi connectivity index (χ0v) is 19.7. The zero-order chi connectivity index (χ0) is 23.9. The fourth-order valence-electron chi connectivity index (χ4n) is 4.63. The van der Waals surface area contributed by atoms with Crippen molar-refractivity contribution in [2.75, 3.05) is 51.1 Å². The van der Waals surface area contributed by atoms with Gasteiger partial charge in [-0.1, -0.05) is 35.5 Å². The van der Waals surface area contributed by atoms with Crippen LogP contribution in [0.25, 0.3) is 0 Å². The number of nitrogens with one attached hydrogen (secondary N) is 1. The van der Waals surface area contributed by atoms with Crippen molar-refractivity contribution in [1.29, 1.82) is 0 Å². The number of hydrogen-bond donors (Lipinski definition) is 1. The Bertz CT molecular complexity index is 976. The number of benzene rings is 1. The molecule has 2 aliphatic heterocycles. The molecule has 2 fully saturated rings. The van der Waals surface area contributed by atoms with Gasteiger partial charge < -0.3 is 19.6 Å². The molecule has 1 aromatic carbocycles. The minimum absolute atomic E-state index is 0.0246. The van der Waals surface area contributed by atoms with Gasteiger partial charge in [0.05, 0.1) is 6.54 Å². The Hall–Kier alpha value is -3.20. The Morgan fingerprint density at radius 3 is 2.35 bits per heavy atom. The second-order valence-electron chi connectivity index (χ2n) is 9.11. The van der Waals surface area contributed by atoms with Gasteiger partial charge in [0.15, 0.2) is 5.82 Å². The second kappa shape index (κ2) is 11.3. The highest BCUT2D eigenvalue weighted by Crippen LogP contribution is 2.21. The number of rotatable bonds is 7. The molecule has 182 valence electrons. The van der Waals surface area contributed by atoms with Gasteiger partial charge in [-0.2, -0.15) is 0 Å². The highest BCUT2D eigenvalue weighted by atomic mass is 16.5. The van der Waals surface area contributed by atoms with E-state index in [-0.39, 0.29) is 30.2 Å². The molecule has 9 heteroatoms. The summed E-state index contributed by atoms with van der Waals surface area (Å²) in [5.41, 5.74) is 1.17. The lowest BCUT2D eigenvalue weighted by atomic mass is 9.94. The van der Waals surface area contributed by atoms with Crippen LogP contribution < -0.4 is 5.32 Å². The maximum absolute atomic E-state index is 13.0. The molecule has 0 radical (unpaired) electrons. The minimum atomic E-state index is -0.141. The van der Waals surface area contributed by atoms with Gasteiger partial charge in [-0.15, -0.1) is 0 Å². The van der Waals surface area contributed by atoms with E-state index in [2.05, 4.69) is 10.5 Å². The number of nitrogens with zero attached hydrogens (tertiary/aromatic N) is 4. The molecular formula is C25H33N5O4. The summed E-state index contributed by atoms with van der Waals surface area (Å²) in [5, 5.41) is 6.50. The van der Waals surface area contributed by atoms with Gasteiger partial charge in [-0.3, -0.25) is 19.3 Å². The van der Waals surface area contributed by atoms with Crippen molar-refractivity contribution in [2.24, 2.45) is 5.92 Å². The van der Waals surface area contributed by atoms with E-state index < -0.39 is 0 Å². The maximum atomic E-state index is 13.0. The van der Waals surface area contributed by atoms with E-state index >= 15 is 0 Å². The van der Waals surface area contributed by atoms with Gasteiger partial charge in [0.25, 0.3) is 0 Å². The van der Waals surface area contributed by atoms with E-state index in [4.69, 9.17) is 4.52 Å². The summed E-state index contributed by atoms with van der Waals surface area (Å²) in [7, 11) is 0. The van der Waals surface area contributed by atoms with Gasteiger partial charge in [-0.25, -0.2) is 0 Å². The summed E-state index contributed by atoms with van der Waals surface area (Å²) >= 11 is 0. The average molecular weight is 468 g/mol. The van der Waals surface area contributed by atoms with Gasteiger partial charge in [0.1, 0.15) is 5.76 Å². The van der Waals surface area contributed by atoms with Gasteiger partial charge >= 0.3 is 0 Å². The number of piperazine rings is 1. The van der Waals surface area contributed by atoms with Crippen LogP contribution in [0, 0.1) is 12.8 Å². The standard InChI is InChI=1S/C25H33N5O4/c1-19-17-22(27-34-19)26-23(31)18-28-13-15-30(16-14-28)25(33)21-9-11-29(12-10-21)24(32)8-7-20-5-3-2-4-6-20/h2-6,17,21H,7-16,18H2,1H3,(H,26,27,31). The van der Waals surface area contributed by atoms with Crippen LogP contribution in [-0.4, -0.2) is 83.4 Å². The Morgan fingerprint density at radius 1 is 1.00 bits per heavy atom. The summed E-state index contributed by atoms with van der Waals surface area (Å²) in [4.78, 5) is 43.7. The van der Waals surface area contributed by atoms with E-state index in [1.54, 1.807) is 13.0 Å². The molecule has 1 N–H and O–H groups in total. The van der Waals surface area contributed by atoms with Crippen molar-refractivity contribution in [3.8, 4) is 0 Å². The fourth-order valence-corrected chi connectivity index (χ4v) is 4.63. The number of hydrogen-bond acceptors (Lipinski definition) is 6. The lowest BCUT2D eigenvalue weighted by Gasteiger charge is -2.38. The van der Waals surface area contributed by atoms with Crippen LogP contribution >= 0.6 is 0 Å². The summed E-state index contributed by atoms with van der Waals surface area (Å²) in [6.07, 6.45) is 2.69. The zero-order valence-electron chi connectivity index (χ0n) is 19.7. The highest BCUT2D eigenvalue weighted by molar-refractivity contribution is 5.91. The molecule has 2 aliphatic rings. The molecule has 0 saturated carbocycles. The molecule has 0 aliphatic carbocycles. The van der Waals surface area contributed by atoms with Crippen molar-refractivity contribution in [3.05, 3.63) is 47.7 Å². The Morgan fingerprint density at radius 2 is 1.71 bits per heavy atom. The molecule has 0 spiro atoms. The predicted molar refractivity (Wildman–Crippen MR) is 127 cm³/mol. The molecule has 0 bridgehead atoms. The summed E-state index contributed by atoms with van der Waals surface area (Å²) in [6.45, 7) is 5.87. The molecular weight excluding hydrogens is 434 g/mol. The summed E-state index contributed by atoms with van der Waals surface area (Å²) in [5.74, 6) is 1.24. The quantitative estimate of drug-likeness (QED) is 0.668. The lowest BCUT2D eigenvalue weighted by Crippen LogP contribution is -2.53. The van der Waals surface area contributed by atoms with E-state index in [0.717, 1.165) is 19.3 Å². The smallest absolute Gasteiger partial charge is 0.239 e. The predicted octanol–water partition coefficient (Wildman–Crippen LogP) is 1.94. The van der Waals surface area contributed by atoms with Gasteiger partial charge in [0, 0.05) is 57.7 Å². The monoisotopic (exact) mass is 467 g/mol. The number of amides is 3. The molecule has 0 unspecified atom stereocenters. The highest BCUT2D eigenvalue weighted by Gasteiger charge is 2.31. The molecule has 0 atom stereocenters. The molecule has 3 amide bonds. The number of piperidine rings is 1. The minimum Gasteiger partial charge on any atom is -0.360 e. The van der Waals surface area contributed by atoms with Crippen LogP contribution in [0.2, 0.25) is 0 Å². The maximum Gasteiger partial charge on any atom is 0.239 e. The van der Waals surface area contributed by atoms with E-state index in [1.807, 2.05) is 45.0 Å². The summed E-state index contributed by atoms with van der Waals surface area (Å²) < 4.78 is 4.96. The molecule has 3 heterocycles. The van der Waals surface area contributed by atoms with Crippen molar-refractivity contribution in [3.63, 3.8) is 0 Å². The van der Waals surface area contributed by atoms with Crippen LogP contribution in [0.5, 0.6) is 0 Å². The van der Waals surface area contributed by atoms with Crippen LogP contribution in [0.15, 0.2) is 40.9 Å². The van der Waals surface area contributed by atoms with Crippen molar-refractivity contribution in [1.82, 2.24) is 19.9 Å². The molecule has 2 aromatic rings. The first kappa shape index (κ1) is 23.9. The third-order valence-electron chi connectivity index (χ3n) is 6.61. The third-order valence-corrected chi connectivity index (χ3v) is 6.61. The van der Waals surface area contributed by atoms with Crippen molar-refractivity contribution >= 4 is 23.5 Å². The number of aromatic nitrogens is 1. The number of aryl methyl sites for hydroxylation is 2. The number of likely N-dealkylation sites (tertiary alicyclic amines) is 1. The largest absolute Gasteiger partial charge is 0.360 e. The SMILES string of the molecule is Cc1cc(NC(=O)CN2CCN(C(=O)C3CCN(C(=O)CCc4ccccc4)CC3)CC2)no1. The first-order valence-corrected chi connectivity index (χ1v) is 12.0. The van der Waals surface area contributed by atoms with Crippen molar-refractivity contribution < 1.29 is 18.9 Å². The van der Waals surface area contributed by atoms with Crippen LogP contribution in [0.1, 0.15) is 30.6 Å². The van der Waals surface area contributed by atoms with E-state index in [0.29, 0.717) is 57.3 Å². The molecule has 9 nitrogen and oxygen atoms in total. The van der Waals surface area contributed by atoms with Crippen LogP contribution in [-0.2, 0) is 20.8 Å². The number of carbonyl (C=O) groups excluding carboxylic acids is 3. The lowest BCUT2D eigenvalue weighted by molar-refractivity contribution is -0.142. The van der Waals surface area contributed by atoms with E-state index in [9.17, 15) is 14.4 Å². The molecule has 4 rings (SSSR count). The molecule has 34 heavy (non-hydrogen) atoms. The first-order valence-electron chi connectivity index (χ1n) is 12.0. The Kier molecular flexibility index (Phi) is 7.95. The van der Waals surface area contributed by atoms with Crippen LogP contribution in [0.3, 0.4) is 0 Å². The normalized spacial score (nSPS) is 17.6. The number of anilines is 1. The van der Waals surface area contributed by atoms with E-state index in [1.165, 1.54) is 5.56 Å². The first-order chi connectivity index (χ1) is 16.5. The summed E-state index contributed by atoms with van der Waals surface area (Å²) in [6, 6.07) is 11.7. The molecule has 2 saturated heterocycles. The topological polar surface area (TPSA) is 99.0 Å². The third kappa shape index (κ3) is 6.44.